The zero-order valence-corrected chi connectivity index (χ0v) is 35.3. The number of thiazole rings is 1. The van der Waals surface area contributed by atoms with E-state index in [4.69, 9.17) is 37.4 Å². The van der Waals surface area contributed by atoms with Crippen LogP contribution >= 0.6 is 34.5 Å². The number of carbonyl (C=O) groups is 3. The van der Waals surface area contributed by atoms with E-state index in [0.29, 0.717) is 24.1 Å². The van der Waals surface area contributed by atoms with Crippen molar-refractivity contribution in [2.75, 3.05) is 41.2 Å². The van der Waals surface area contributed by atoms with Crippen LogP contribution in [0.1, 0.15) is 48.7 Å². The molecule has 14 nitrogen and oxygen atoms in total. The largest absolute Gasteiger partial charge is 0.495 e. The molecule has 0 radical (unpaired) electrons. The molecule has 0 saturated carbocycles. The number of aromatic nitrogens is 1. The summed E-state index contributed by atoms with van der Waals surface area (Å²) in [6, 6.07) is 14.7. The predicted octanol–water partition coefficient (Wildman–Crippen LogP) is 6.77. The zero-order chi connectivity index (χ0) is 41.7. The topological polar surface area (TPSA) is 179 Å². The second-order valence-electron chi connectivity index (χ2n) is 13.4. The number of hydrogen-bond donors (Lipinski definition) is 1. The molecule has 5 aromatic rings. The van der Waals surface area contributed by atoms with Gasteiger partial charge in [0.05, 0.1) is 43.3 Å². The number of nitrogens with one attached hydrogen (secondary N) is 1. The van der Waals surface area contributed by atoms with Gasteiger partial charge in [-0.3, -0.25) is 23.5 Å². The van der Waals surface area contributed by atoms with Gasteiger partial charge in [-0.1, -0.05) is 23.2 Å². The molecule has 0 bridgehead atoms. The highest BCUT2D eigenvalue weighted by Gasteiger charge is 2.36. The van der Waals surface area contributed by atoms with E-state index in [9.17, 15) is 31.2 Å². The van der Waals surface area contributed by atoms with Crippen LogP contribution in [0, 0.1) is 13.8 Å². The molecule has 2 aliphatic rings. The fraction of sp³-hybridized carbons (Fsp3) is 0.231. The molecule has 1 amide bonds. The minimum Gasteiger partial charge on any atom is -0.495 e. The van der Waals surface area contributed by atoms with E-state index < -0.39 is 44.3 Å². The van der Waals surface area contributed by atoms with Crippen molar-refractivity contribution in [3.8, 4) is 11.5 Å². The lowest BCUT2D eigenvalue weighted by molar-refractivity contribution is -0.137. The third-order valence-electron chi connectivity index (χ3n) is 9.76. The van der Waals surface area contributed by atoms with Gasteiger partial charge in [-0.05, 0) is 110 Å². The monoisotopic (exact) mass is 884 g/mol. The van der Waals surface area contributed by atoms with Crippen molar-refractivity contribution < 1.29 is 45.4 Å². The molecule has 0 unspecified atom stereocenters. The van der Waals surface area contributed by atoms with E-state index in [1.54, 1.807) is 19.9 Å². The van der Waals surface area contributed by atoms with Crippen molar-refractivity contribution in [1.82, 2.24) is 4.98 Å². The maximum atomic E-state index is 13.8. The Bertz CT molecular complexity index is 2760. The molecule has 4 aromatic carbocycles. The second kappa shape index (κ2) is 15.9. The molecule has 58 heavy (non-hydrogen) atoms. The van der Waals surface area contributed by atoms with Crippen molar-refractivity contribution >= 4 is 88.9 Å². The van der Waals surface area contributed by atoms with E-state index in [1.165, 1.54) is 82.8 Å². The maximum absolute atomic E-state index is 13.8. The van der Waals surface area contributed by atoms with Crippen LogP contribution in [0.15, 0.2) is 75.8 Å². The lowest BCUT2D eigenvalue weighted by Crippen LogP contribution is -2.29. The maximum Gasteiger partial charge on any atom is 0.345 e. The Morgan fingerprint density at radius 1 is 0.759 bits per heavy atom. The first-order valence-corrected chi connectivity index (χ1v) is 22.0. The van der Waals surface area contributed by atoms with Gasteiger partial charge in [0.15, 0.2) is 5.13 Å². The number of rotatable bonds is 11. The number of anilines is 3. The number of sulfonamides is 2. The van der Waals surface area contributed by atoms with Gasteiger partial charge in [0.25, 0.3) is 26.0 Å². The lowest BCUT2D eigenvalue weighted by Gasteiger charge is -2.22. The molecule has 19 heteroatoms. The summed E-state index contributed by atoms with van der Waals surface area (Å²) in [6.45, 7) is 3.79. The molecule has 0 atom stereocenters. The first-order valence-electron chi connectivity index (χ1n) is 17.5. The standard InChI is InChI=1S/C39H34Cl2N4O10S3/c1-21-13-23(15-30-28(21)9-11-44(30)57(49,50)34-17-25(40)5-7-32(34)53-3)37(47)43-39-42-27(20-56-39)19-36(46)55-38(48)24-14-22(2)29-10-12-45(31(29)16-24)58(51,52)35-18-26(41)6-8-33(35)54-4/h5-8,13-18,20H,9-12,19H2,1-4H3,(H,42,43,47). The van der Waals surface area contributed by atoms with E-state index in [0.717, 1.165) is 28.0 Å². The van der Waals surface area contributed by atoms with Crippen LogP contribution in [0.5, 0.6) is 11.5 Å². The quantitative estimate of drug-likeness (QED) is 0.109. The van der Waals surface area contributed by atoms with E-state index in [1.807, 2.05) is 0 Å². The minimum absolute atomic E-state index is 0.0290. The highest BCUT2D eigenvalue weighted by molar-refractivity contribution is 7.93. The van der Waals surface area contributed by atoms with E-state index >= 15 is 0 Å². The Kier molecular flexibility index (Phi) is 11.2. The second-order valence-corrected chi connectivity index (χ2v) is 18.8. The molecule has 7 rings (SSSR count). The van der Waals surface area contributed by atoms with Gasteiger partial charge in [-0.2, -0.15) is 0 Å². The molecule has 2 aliphatic heterocycles. The summed E-state index contributed by atoms with van der Waals surface area (Å²) >= 11 is 13.3. The number of benzene rings is 4. The van der Waals surface area contributed by atoms with Crippen LogP contribution in [0.25, 0.3) is 0 Å². The average Bonchev–Trinajstić information content (AvgIpc) is 3.94. The SMILES string of the molecule is COc1ccc(Cl)cc1S(=O)(=O)N1CCc2c(C)cc(C(=O)Nc3nc(CC(=O)OC(=O)c4cc(C)c5c(c4)N(S(=O)(=O)c4cc(Cl)ccc4OC)CC5)cs3)cc21. The number of halogens is 2. The fourth-order valence-corrected chi connectivity index (χ4v) is 11.5. The van der Waals surface area contributed by atoms with Crippen molar-refractivity contribution in [3.63, 3.8) is 0 Å². The van der Waals surface area contributed by atoms with Gasteiger partial charge in [0.1, 0.15) is 21.3 Å². The van der Waals surface area contributed by atoms with Crippen molar-refractivity contribution in [1.29, 1.82) is 0 Å². The smallest absolute Gasteiger partial charge is 0.345 e. The average molecular weight is 886 g/mol. The molecule has 1 aromatic heterocycles. The van der Waals surface area contributed by atoms with Crippen LogP contribution in [0.3, 0.4) is 0 Å². The van der Waals surface area contributed by atoms with Gasteiger partial charge in [0, 0.05) is 34.1 Å². The number of nitrogens with zero attached hydrogens (tertiary/aromatic N) is 3. The number of fused-ring (bicyclic) bond motifs is 2. The first-order chi connectivity index (χ1) is 27.5. The van der Waals surface area contributed by atoms with E-state index in [-0.39, 0.29) is 72.1 Å². The third-order valence-corrected chi connectivity index (χ3v) is 14.7. The Balaban J connectivity index is 1.03. The molecular formula is C39H34Cl2N4O10S3. The van der Waals surface area contributed by atoms with Crippen LogP contribution in [0.4, 0.5) is 16.5 Å². The van der Waals surface area contributed by atoms with Crippen LogP contribution < -0.4 is 23.4 Å². The summed E-state index contributed by atoms with van der Waals surface area (Å²) in [6.07, 6.45) is 0.423. The van der Waals surface area contributed by atoms with Crippen molar-refractivity contribution in [2.24, 2.45) is 0 Å². The molecule has 1 N–H and O–H groups in total. The van der Waals surface area contributed by atoms with Gasteiger partial charge >= 0.3 is 11.9 Å². The molecule has 0 aliphatic carbocycles. The normalized spacial score (nSPS) is 13.6. The molecule has 302 valence electrons. The van der Waals surface area contributed by atoms with Gasteiger partial charge < -0.3 is 14.2 Å². The van der Waals surface area contributed by atoms with Gasteiger partial charge in [0.2, 0.25) is 0 Å². The molecular weight excluding hydrogens is 852 g/mol. The highest BCUT2D eigenvalue weighted by Crippen LogP contribution is 2.41. The number of esters is 2. The van der Waals surface area contributed by atoms with Crippen molar-refractivity contribution in [3.05, 3.63) is 115 Å². The summed E-state index contributed by atoms with van der Waals surface area (Å²) in [5, 5.41) is 4.79. The lowest BCUT2D eigenvalue weighted by atomic mass is 10.0. The van der Waals surface area contributed by atoms with Crippen molar-refractivity contribution in [2.45, 2.75) is 42.9 Å². The minimum atomic E-state index is -4.16. The van der Waals surface area contributed by atoms with Crippen LogP contribution in [-0.2, 0) is 48.8 Å². The Labute approximate surface area is 348 Å². The first kappa shape index (κ1) is 41.0. The number of amides is 1. The summed E-state index contributed by atoms with van der Waals surface area (Å²) in [4.78, 5) is 43.7. The molecule has 0 saturated heterocycles. The van der Waals surface area contributed by atoms with Crippen LogP contribution in [0.2, 0.25) is 10.0 Å². The number of carbonyl (C=O) groups excluding carboxylic acids is 3. The Morgan fingerprint density at radius 3 is 1.78 bits per heavy atom. The number of hydrogen-bond acceptors (Lipinski definition) is 12. The number of methoxy groups -OCH3 is 2. The number of ether oxygens (including phenoxy) is 3. The molecule has 0 fully saturated rings. The molecule has 0 spiro atoms. The van der Waals surface area contributed by atoms with Crippen LogP contribution in [-0.4, -0.2) is 67.0 Å². The summed E-state index contributed by atoms with van der Waals surface area (Å²) in [5.41, 5.74) is 3.86. The summed E-state index contributed by atoms with van der Waals surface area (Å²) < 4.78 is 73.4. The van der Waals surface area contributed by atoms with E-state index in [2.05, 4.69) is 10.3 Å². The third kappa shape index (κ3) is 7.71. The Morgan fingerprint density at radius 2 is 1.26 bits per heavy atom. The molecule has 3 heterocycles. The van der Waals surface area contributed by atoms with Gasteiger partial charge in [-0.25, -0.2) is 26.6 Å². The number of aryl methyl sites for hydroxylation is 2. The van der Waals surface area contributed by atoms with Gasteiger partial charge in [-0.15, -0.1) is 11.3 Å². The Hall–Kier alpha value is -5.20. The fourth-order valence-electron chi connectivity index (χ4n) is 7.01. The zero-order valence-electron chi connectivity index (χ0n) is 31.3. The highest BCUT2D eigenvalue weighted by atomic mass is 35.5. The summed E-state index contributed by atoms with van der Waals surface area (Å²) in [7, 11) is -5.56. The predicted molar refractivity (Wildman–Crippen MR) is 219 cm³/mol. The summed E-state index contributed by atoms with van der Waals surface area (Å²) in [5.74, 6) is -2.24.